The van der Waals surface area contributed by atoms with Gasteiger partial charge in [0.1, 0.15) is 12.2 Å². The van der Waals surface area contributed by atoms with Crippen LogP contribution in [0.15, 0.2) is 30.6 Å². The molecule has 2 N–H and O–H groups in total. The standard InChI is InChI=1S/C13H16N4/c1-2-6-11-10(4-1)5-3-7-12(11)14-8-13-15-9-16-17-13/h1-2,4,6,9,12,14H,3,5,7-8H2,(H,15,16,17). The van der Waals surface area contributed by atoms with E-state index in [2.05, 4.69) is 44.8 Å². The molecule has 0 bridgehead atoms. The molecule has 1 heterocycles. The molecule has 88 valence electrons. The maximum absolute atomic E-state index is 4.13. The van der Waals surface area contributed by atoms with Crippen LogP contribution < -0.4 is 5.32 Å². The topological polar surface area (TPSA) is 53.6 Å². The van der Waals surface area contributed by atoms with Crippen molar-refractivity contribution in [1.82, 2.24) is 20.5 Å². The third-order valence-electron chi connectivity index (χ3n) is 3.35. The fraction of sp³-hybridized carbons (Fsp3) is 0.385. The summed E-state index contributed by atoms with van der Waals surface area (Å²) in [7, 11) is 0. The predicted molar refractivity (Wildman–Crippen MR) is 65.3 cm³/mol. The Balaban J connectivity index is 1.72. The van der Waals surface area contributed by atoms with Gasteiger partial charge in [-0.1, -0.05) is 24.3 Å². The van der Waals surface area contributed by atoms with Gasteiger partial charge in [-0.15, -0.1) is 0 Å². The quantitative estimate of drug-likeness (QED) is 0.844. The number of rotatable bonds is 3. The summed E-state index contributed by atoms with van der Waals surface area (Å²) in [6.07, 6.45) is 5.21. The number of aryl methyl sites for hydroxylation is 1. The van der Waals surface area contributed by atoms with Crippen molar-refractivity contribution in [1.29, 1.82) is 0 Å². The first-order valence-corrected chi connectivity index (χ1v) is 6.09. The van der Waals surface area contributed by atoms with Gasteiger partial charge in [0.2, 0.25) is 0 Å². The van der Waals surface area contributed by atoms with Crippen molar-refractivity contribution in [2.45, 2.75) is 31.8 Å². The molecule has 0 aliphatic heterocycles. The minimum absolute atomic E-state index is 0.449. The second-order valence-corrected chi connectivity index (χ2v) is 4.46. The Bertz CT molecular complexity index is 478. The molecule has 1 unspecified atom stereocenters. The normalized spacial score (nSPS) is 18.9. The summed E-state index contributed by atoms with van der Waals surface area (Å²) in [5, 5.41) is 10.3. The molecule has 1 aliphatic rings. The van der Waals surface area contributed by atoms with Gasteiger partial charge in [-0.25, -0.2) is 4.98 Å². The van der Waals surface area contributed by atoms with Crippen LogP contribution in [0, 0.1) is 0 Å². The van der Waals surface area contributed by atoms with E-state index in [9.17, 15) is 0 Å². The van der Waals surface area contributed by atoms with Gasteiger partial charge in [0, 0.05) is 6.04 Å². The number of H-pyrrole nitrogens is 1. The van der Waals surface area contributed by atoms with Crippen molar-refractivity contribution >= 4 is 0 Å². The first-order chi connectivity index (χ1) is 8.43. The van der Waals surface area contributed by atoms with E-state index < -0.39 is 0 Å². The zero-order chi connectivity index (χ0) is 11.5. The monoisotopic (exact) mass is 228 g/mol. The highest BCUT2D eigenvalue weighted by atomic mass is 15.2. The van der Waals surface area contributed by atoms with Crippen molar-refractivity contribution in [2.24, 2.45) is 0 Å². The van der Waals surface area contributed by atoms with Gasteiger partial charge in [0.15, 0.2) is 0 Å². The lowest BCUT2D eigenvalue weighted by atomic mass is 9.88. The van der Waals surface area contributed by atoms with Gasteiger partial charge in [0.05, 0.1) is 6.54 Å². The summed E-state index contributed by atoms with van der Waals surface area (Å²) in [5.74, 6) is 0.896. The van der Waals surface area contributed by atoms with Crippen LogP contribution in [-0.4, -0.2) is 15.2 Å². The molecule has 3 rings (SSSR count). The van der Waals surface area contributed by atoms with E-state index in [1.165, 1.54) is 30.4 Å². The Labute approximate surface area is 100 Å². The lowest BCUT2D eigenvalue weighted by Gasteiger charge is -2.26. The van der Waals surface area contributed by atoms with E-state index in [0.717, 1.165) is 12.4 Å². The summed E-state index contributed by atoms with van der Waals surface area (Å²) in [4.78, 5) is 4.13. The number of hydrogen-bond donors (Lipinski definition) is 2. The summed E-state index contributed by atoms with van der Waals surface area (Å²) in [6.45, 7) is 0.749. The molecule has 1 aromatic heterocycles. The fourth-order valence-corrected chi connectivity index (χ4v) is 2.50. The van der Waals surface area contributed by atoms with E-state index >= 15 is 0 Å². The molecular formula is C13H16N4. The largest absolute Gasteiger partial charge is 0.303 e. The second-order valence-electron chi connectivity index (χ2n) is 4.46. The molecule has 0 amide bonds. The van der Waals surface area contributed by atoms with Crippen molar-refractivity contribution in [3.8, 4) is 0 Å². The molecular weight excluding hydrogens is 212 g/mol. The Morgan fingerprint density at radius 1 is 1.35 bits per heavy atom. The lowest BCUT2D eigenvalue weighted by molar-refractivity contribution is 0.453. The molecule has 0 spiro atoms. The molecule has 17 heavy (non-hydrogen) atoms. The third kappa shape index (κ3) is 2.22. The molecule has 1 aromatic carbocycles. The Kier molecular flexibility index (Phi) is 2.88. The number of nitrogens with one attached hydrogen (secondary N) is 2. The SMILES string of the molecule is c1ccc2c(c1)CCCC2NCc1ncn[nH]1. The molecule has 0 saturated carbocycles. The van der Waals surface area contributed by atoms with Crippen molar-refractivity contribution in [3.05, 3.63) is 47.5 Å². The van der Waals surface area contributed by atoms with Gasteiger partial charge < -0.3 is 5.32 Å². The molecule has 2 aromatic rings. The van der Waals surface area contributed by atoms with Gasteiger partial charge >= 0.3 is 0 Å². The Morgan fingerprint density at radius 2 is 2.29 bits per heavy atom. The number of aromatic amines is 1. The van der Waals surface area contributed by atoms with Crippen LogP contribution in [0.2, 0.25) is 0 Å². The first kappa shape index (κ1) is 10.5. The number of hydrogen-bond acceptors (Lipinski definition) is 3. The Morgan fingerprint density at radius 3 is 3.18 bits per heavy atom. The molecule has 0 radical (unpaired) electrons. The van der Waals surface area contributed by atoms with Crippen LogP contribution in [0.1, 0.15) is 35.8 Å². The van der Waals surface area contributed by atoms with Gasteiger partial charge in [0.25, 0.3) is 0 Å². The maximum atomic E-state index is 4.13. The smallest absolute Gasteiger partial charge is 0.138 e. The summed E-state index contributed by atoms with van der Waals surface area (Å²) in [5.41, 5.74) is 2.92. The van der Waals surface area contributed by atoms with E-state index in [1.54, 1.807) is 6.33 Å². The molecule has 1 aliphatic carbocycles. The summed E-state index contributed by atoms with van der Waals surface area (Å²) >= 11 is 0. The van der Waals surface area contributed by atoms with E-state index in [1.807, 2.05) is 0 Å². The van der Waals surface area contributed by atoms with Gasteiger partial charge in [-0.05, 0) is 30.4 Å². The van der Waals surface area contributed by atoms with E-state index in [4.69, 9.17) is 0 Å². The van der Waals surface area contributed by atoms with E-state index in [-0.39, 0.29) is 0 Å². The number of aromatic nitrogens is 3. The number of nitrogens with zero attached hydrogens (tertiary/aromatic N) is 2. The Hall–Kier alpha value is -1.68. The highest BCUT2D eigenvalue weighted by molar-refractivity contribution is 5.32. The van der Waals surface area contributed by atoms with Gasteiger partial charge in [-0.2, -0.15) is 5.10 Å². The molecule has 4 heteroatoms. The van der Waals surface area contributed by atoms with Crippen LogP contribution in [0.3, 0.4) is 0 Å². The zero-order valence-corrected chi connectivity index (χ0v) is 9.69. The minimum atomic E-state index is 0.449. The van der Waals surface area contributed by atoms with E-state index in [0.29, 0.717) is 6.04 Å². The zero-order valence-electron chi connectivity index (χ0n) is 9.69. The van der Waals surface area contributed by atoms with Crippen LogP contribution in [-0.2, 0) is 13.0 Å². The van der Waals surface area contributed by atoms with Crippen molar-refractivity contribution in [2.75, 3.05) is 0 Å². The summed E-state index contributed by atoms with van der Waals surface area (Å²) < 4.78 is 0. The average molecular weight is 228 g/mol. The lowest BCUT2D eigenvalue weighted by Crippen LogP contribution is -2.25. The third-order valence-corrected chi connectivity index (χ3v) is 3.35. The predicted octanol–water partition coefficient (Wildman–Crippen LogP) is 1.97. The average Bonchev–Trinajstić information content (AvgIpc) is 2.89. The molecule has 0 saturated heterocycles. The van der Waals surface area contributed by atoms with Crippen LogP contribution in [0.5, 0.6) is 0 Å². The molecule has 0 fully saturated rings. The minimum Gasteiger partial charge on any atom is -0.303 e. The van der Waals surface area contributed by atoms with Crippen LogP contribution in [0.4, 0.5) is 0 Å². The highest BCUT2D eigenvalue weighted by Crippen LogP contribution is 2.29. The highest BCUT2D eigenvalue weighted by Gasteiger charge is 2.19. The first-order valence-electron chi connectivity index (χ1n) is 6.09. The maximum Gasteiger partial charge on any atom is 0.138 e. The van der Waals surface area contributed by atoms with Crippen LogP contribution >= 0.6 is 0 Å². The van der Waals surface area contributed by atoms with Crippen molar-refractivity contribution < 1.29 is 0 Å². The summed E-state index contributed by atoms with van der Waals surface area (Å²) in [6, 6.07) is 9.15. The number of benzene rings is 1. The molecule has 4 nitrogen and oxygen atoms in total. The molecule has 1 atom stereocenters. The van der Waals surface area contributed by atoms with Crippen LogP contribution in [0.25, 0.3) is 0 Å². The number of fused-ring (bicyclic) bond motifs is 1. The van der Waals surface area contributed by atoms with Crippen molar-refractivity contribution in [3.63, 3.8) is 0 Å². The fourth-order valence-electron chi connectivity index (χ4n) is 2.50. The second kappa shape index (κ2) is 4.67. The van der Waals surface area contributed by atoms with Gasteiger partial charge in [-0.3, -0.25) is 5.10 Å².